The van der Waals surface area contributed by atoms with Gasteiger partial charge in [0.2, 0.25) is 0 Å². The highest BCUT2D eigenvalue weighted by Gasteiger charge is 2.47. The van der Waals surface area contributed by atoms with Crippen molar-refractivity contribution >= 4 is 5.97 Å². The van der Waals surface area contributed by atoms with Crippen molar-refractivity contribution in [3.05, 3.63) is 0 Å². The minimum absolute atomic E-state index is 0.392. The Morgan fingerprint density at radius 3 is 2.43 bits per heavy atom. The van der Waals surface area contributed by atoms with Gasteiger partial charge >= 0.3 is 5.97 Å². The number of aliphatic carboxylic acids is 1. The van der Waals surface area contributed by atoms with E-state index in [1.165, 1.54) is 0 Å². The number of carbonyl (C=O) groups is 1. The molecule has 0 radical (unpaired) electrons. The molecule has 2 rings (SSSR count). The summed E-state index contributed by atoms with van der Waals surface area (Å²) < 4.78 is 0. The Morgan fingerprint density at radius 1 is 1.29 bits per heavy atom. The van der Waals surface area contributed by atoms with E-state index in [1.807, 2.05) is 0 Å². The summed E-state index contributed by atoms with van der Waals surface area (Å²) in [5.41, 5.74) is -0.686. The first-order chi connectivity index (χ1) is 9.84. The Labute approximate surface area is 129 Å². The monoisotopic (exact) mass is 296 g/mol. The van der Waals surface area contributed by atoms with Gasteiger partial charge in [0, 0.05) is 24.7 Å². The Kier molecular flexibility index (Phi) is 5.31. The average molecular weight is 296 g/mol. The molecule has 0 aromatic heterocycles. The maximum absolute atomic E-state index is 11.9. The van der Waals surface area contributed by atoms with E-state index in [4.69, 9.17) is 0 Å². The minimum Gasteiger partial charge on any atom is -0.480 e. The number of carboxylic acid groups (broad SMARTS) is 1. The summed E-state index contributed by atoms with van der Waals surface area (Å²) in [6.07, 6.45) is 5.95. The number of hydrogen-bond donors (Lipinski definition) is 2. The molecule has 0 saturated heterocycles. The van der Waals surface area contributed by atoms with Crippen LogP contribution in [0, 0.1) is 5.92 Å². The highest BCUT2D eigenvalue weighted by Crippen LogP contribution is 2.35. The van der Waals surface area contributed by atoms with Gasteiger partial charge < -0.3 is 5.11 Å². The molecule has 0 bridgehead atoms. The lowest BCUT2D eigenvalue weighted by atomic mass is 9.77. The van der Waals surface area contributed by atoms with E-state index in [1.54, 1.807) is 0 Å². The number of carboxylic acids is 1. The SMILES string of the molecule is CC(C)CN(C(C)C)C1CCCC(NC2CC2)(C(=O)O)C1. The van der Waals surface area contributed by atoms with Gasteiger partial charge in [0.15, 0.2) is 0 Å². The van der Waals surface area contributed by atoms with Gasteiger partial charge in [-0.1, -0.05) is 13.8 Å². The second kappa shape index (κ2) is 6.66. The van der Waals surface area contributed by atoms with E-state index in [-0.39, 0.29) is 0 Å². The molecule has 2 saturated carbocycles. The van der Waals surface area contributed by atoms with Gasteiger partial charge in [0.25, 0.3) is 0 Å². The van der Waals surface area contributed by atoms with Crippen LogP contribution in [0.2, 0.25) is 0 Å². The van der Waals surface area contributed by atoms with Crippen molar-refractivity contribution in [3.63, 3.8) is 0 Å². The van der Waals surface area contributed by atoms with Crippen molar-refractivity contribution in [3.8, 4) is 0 Å². The van der Waals surface area contributed by atoms with E-state index >= 15 is 0 Å². The molecule has 2 atom stereocenters. The van der Waals surface area contributed by atoms with Crippen LogP contribution in [-0.2, 0) is 4.79 Å². The van der Waals surface area contributed by atoms with Crippen molar-refractivity contribution in [1.82, 2.24) is 10.2 Å². The summed E-state index contributed by atoms with van der Waals surface area (Å²) in [4.78, 5) is 14.4. The van der Waals surface area contributed by atoms with Gasteiger partial charge in [0.1, 0.15) is 5.54 Å². The van der Waals surface area contributed by atoms with Crippen LogP contribution < -0.4 is 5.32 Å². The maximum atomic E-state index is 11.9. The Hall–Kier alpha value is -0.610. The molecular formula is C17H32N2O2. The lowest BCUT2D eigenvalue weighted by Crippen LogP contribution is -2.60. The molecule has 0 aromatic carbocycles. The largest absolute Gasteiger partial charge is 0.480 e. The molecule has 2 fully saturated rings. The van der Waals surface area contributed by atoms with Crippen LogP contribution in [0.3, 0.4) is 0 Å². The fourth-order valence-corrected chi connectivity index (χ4v) is 3.74. The van der Waals surface area contributed by atoms with Gasteiger partial charge in [-0.25, -0.2) is 0 Å². The Bertz CT molecular complexity index is 366. The first-order valence-corrected chi connectivity index (χ1v) is 8.61. The number of rotatable bonds is 7. The van der Waals surface area contributed by atoms with E-state index in [9.17, 15) is 9.90 Å². The van der Waals surface area contributed by atoms with Crippen molar-refractivity contribution in [2.24, 2.45) is 5.92 Å². The zero-order chi connectivity index (χ0) is 15.6. The molecule has 0 heterocycles. The first-order valence-electron chi connectivity index (χ1n) is 8.61. The van der Waals surface area contributed by atoms with Crippen molar-refractivity contribution in [1.29, 1.82) is 0 Å². The zero-order valence-electron chi connectivity index (χ0n) is 14.1. The Morgan fingerprint density at radius 2 is 1.95 bits per heavy atom. The maximum Gasteiger partial charge on any atom is 0.323 e. The zero-order valence-corrected chi connectivity index (χ0v) is 14.1. The van der Waals surface area contributed by atoms with Crippen LogP contribution in [0.1, 0.15) is 66.2 Å². The second-order valence-corrected chi connectivity index (χ2v) is 7.74. The summed E-state index contributed by atoms with van der Waals surface area (Å²) in [7, 11) is 0. The van der Waals surface area contributed by atoms with Gasteiger partial charge in [-0.2, -0.15) is 0 Å². The molecule has 2 N–H and O–H groups in total. The summed E-state index contributed by atoms with van der Waals surface area (Å²) in [6, 6.07) is 1.31. The normalized spacial score (nSPS) is 30.3. The third kappa shape index (κ3) is 4.19. The molecular weight excluding hydrogens is 264 g/mol. The van der Waals surface area contributed by atoms with Crippen LogP contribution in [0.25, 0.3) is 0 Å². The Balaban J connectivity index is 2.10. The molecule has 0 spiro atoms. The van der Waals surface area contributed by atoms with Gasteiger partial charge in [0.05, 0.1) is 0 Å². The van der Waals surface area contributed by atoms with Crippen LogP contribution >= 0.6 is 0 Å². The van der Waals surface area contributed by atoms with E-state index in [2.05, 4.69) is 37.9 Å². The van der Waals surface area contributed by atoms with Crippen molar-refractivity contribution in [2.45, 2.75) is 89.9 Å². The van der Waals surface area contributed by atoms with Crippen molar-refractivity contribution in [2.75, 3.05) is 6.54 Å². The predicted molar refractivity (Wildman–Crippen MR) is 85.5 cm³/mol. The van der Waals surface area contributed by atoms with Crippen LogP contribution in [0.5, 0.6) is 0 Å². The molecule has 0 amide bonds. The third-order valence-corrected chi connectivity index (χ3v) is 4.90. The molecule has 4 nitrogen and oxygen atoms in total. The molecule has 2 aliphatic carbocycles. The number of nitrogens with one attached hydrogen (secondary N) is 1. The fraction of sp³-hybridized carbons (Fsp3) is 0.941. The minimum atomic E-state index is -0.686. The summed E-state index contributed by atoms with van der Waals surface area (Å²) >= 11 is 0. The quantitative estimate of drug-likeness (QED) is 0.758. The highest BCUT2D eigenvalue weighted by atomic mass is 16.4. The predicted octanol–water partition coefficient (Wildman–Crippen LogP) is 2.87. The standard InChI is InChI=1S/C17H32N2O2/c1-12(2)11-19(13(3)4)15-6-5-9-17(10-15,16(20)21)18-14-7-8-14/h12-15,18H,5-11H2,1-4H3,(H,20,21). The molecule has 2 aliphatic rings. The van der Waals surface area contributed by atoms with E-state index < -0.39 is 11.5 Å². The molecule has 0 aliphatic heterocycles. The van der Waals surface area contributed by atoms with E-state index in [0.717, 1.165) is 45.1 Å². The lowest BCUT2D eigenvalue weighted by molar-refractivity contribution is -0.148. The van der Waals surface area contributed by atoms with Crippen LogP contribution in [0.4, 0.5) is 0 Å². The third-order valence-electron chi connectivity index (χ3n) is 4.90. The molecule has 4 heteroatoms. The average Bonchev–Trinajstić information content (AvgIpc) is 3.19. The lowest BCUT2D eigenvalue weighted by Gasteiger charge is -2.45. The van der Waals surface area contributed by atoms with E-state index in [0.29, 0.717) is 24.0 Å². The first kappa shape index (κ1) is 16.8. The highest BCUT2D eigenvalue weighted by molar-refractivity contribution is 5.79. The van der Waals surface area contributed by atoms with Crippen molar-refractivity contribution < 1.29 is 9.90 Å². The van der Waals surface area contributed by atoms with Gasteiger partial charge in [-0.3, -0.25) is 15.0 Å². The second-order valence-electron chi connectivity index (χ2n) is 7.74. The molecule has 2 unspecified atom stereocenters. The van der Waals surface area contributed by atoms with Gasteiger partial charge in [-0.05, 0) is 58.3 Å². The van der Waals surface area contributed by atoms with Crippen LogP contribution in [-0.4, -0.2) is 46.2 Å². The molecule has 0 aromatic rings. The summed E-state index contributed by atoms with van der Waals surface area (Å²) in [5, 5.41) is 13.3. The topological polar surface area (TPSA) is 52.6 Å². The smallest absolute Gasteiger partial charge is 0.323 e. The molecule has 122 valence electrons. The van der Waals surface area contributed by atoms with Crippen LogP contribution in [0.15, 0.2) is 0 Å². The summed E-state index contributed by atoms with van der Waals surface area (Å²) in [5.74, 6) is -0.0303. The number of nitrogens with zero attached hydrogens (tertiary/aromatic N) is 1. The summed E-state index contributed by atoms with van der Waals surface area (Å²) in [6.45, 7) is 10.00. The number of hydrogen-bond acceptors (Lipinski definition) is 3. The van der Waals surface area contributed by atoms with Gasteiger partial charge in [-0.15, -0.1) is 0 Å². The molecule has 21 heavy (non-hydrogen) atoms. The fourth-order valence-electron chi connectivity index (χ4n) is 3.74.